The third kappa shape index (κ3) is 3.66. The lowest BCUT2D eigenvalue weighted by atomic mass is 10.1. The van der Waals surface area contributed by atoms with Gasteiger partial charge in [-0.25, -0.2) is 0 Å². The van der Waals surface area contributed by atoms with Gasteiger partial charge in [0.25, 0.3) is 0 Å². The average Bonchev–Trinajstić information content (AvgIpc) is 2.47. The predicted molar refractivity (Wildman–Crippen MR) is 56.3 cm³/mol. The molecule has 0 saturated carbocycles. The Labute approximate surface area is 86.1 Å². The highest BCUT2D eigenvalue weighted by molar-refractivity contribution is 5.67. The van der Waals surface area contributed by atoms with Crippen LogP contribution >= 0.6 is 0 Å². The van der Waals surface area contributed by atoms with Gasteiger partial charge in [-0.1, -0.05) is 13.8 Å². The van der Waals surface area contributed by atoms with E-state index in [0.29, 0.717) is 18.4 Å². The van der Waals surface area contributed by atoms with Crippen molar-refractivity contribution >= 4 is 5.97 Å². The molecule has 0 aliphatic carbocycles. The molecule has 1 heterocycles. The molecule has 1 aliphatic heterocycles. The smallest absolute Gasteiger partial charge is 0.304 e. The summed E-state index contributed by atoms with van der Waals surface area (Å²) in [6, 6.07) is 0.297. The molecule has 1 saturated heterocycles. The van der Waals surface area contributed by atoms with Gasteiger partial charge >= 0.3 is 5.97 Å². The van der Waals surface area contributed by atoms with Crippen molar-refractivity contribution in [2.24, 2.45) is 5.92 Å². The normalized spacial score (nSPS) is 23.2. The molecule has 14 heavy (non-hydrogen) atoms. The Hall–Kier alpha value is -0.570. The first-order valence-electron chi connectivity index (χ1n) is 5.55. The maximum Gasteiger partial charge on any atom is 0.304 e. The number of rotatable bonds is 5. The Morgan fingerprint density at radius 1 is 1.57 bits per heavy atom. The van der Waals surface area contributed by atoms with E-state index in [1.165, 1.54) is 6.42 Å². The molecule has 0 radical (unpaired) electrons. The fourth-order valence-electron chi connectivity index (χ4n) is 2.05. The topological polar surface area (TPSA) is 40.5 Å². The maximum absolute atomic E-state index is 10.6. The molecular weight excluding hydrogens is 178 g/mol. The summed E-state index contributed by atoms with van der Waals surface area (Å²) in [6.07, 6.45) is 3.72. The average molecular weight is 199 g/mol. The molecule has 3 heteroatoms. The number of likely N-dealkylation sites (tertiary alicyclic amines) is 1. The van der Waals surface area contributed by atoms with Gasteiger partial charge in [-0.05, 0) is 38.3 Å². The number of nitrogens with zero attached hydrogens (tertiary/aromatic N) is 1. The summed E-state index contributed by atoms with van der Waals surface area (Å²) in [6.45, 7) is 6.57. The van der Waals surface area contributed by atoms with Crippen molar-refractivity contribution in [1.29, 1.82) is 0 Å². The molecule has 1 N–H and O–H groups in total. The van der Waals surface area contributed by atoms with Crippen molar-refractivity contribution in [3.05, 3.63) is 0 Å². The van der Waals surface area contributed by atoms with E-state index < -0.39 is 5.97 Å². The number of aliphatic carboxylic acids is 1. The number of carboxylic acids is 1. The van der Waals surface area contributed by atoms with E-state index in [1.54, 1.807) is 0 Å². The highest BCUT2D eigenvalue weighted by Crippen LogP contribution is 2.20. The summed E-state index contributed by atoms with van der Waals surface area (Å²) in [7, 11) is 0. The molecule has 1 atom stereocenters. The van der Waals surface area contributed by atoms with E-state index in [2.05, 4.69) is 18.7 Å². The number of carbonyl (C=O) groups is 1. The van der Waals surface area contributed by atoms with Crippen LogP contribution in [-0.4, -0.2) is 35.1 Å². The summed E-state index contributed by atoms with van der Waals surface area (Å²) in [5.41, 5.74) is 0. The van der Waals surface area contributed by atoms with Gasteiger partial charge in [-0.15, -0.1) is 0 Å². The van der Waals surface area contributed by atoms with Crippen LogP contribution in [0.2, 0.25) is 0 Å². The highest BCUT2D eigenvalue weighted by atomic mass is 16.4. The van der Waals surface area contributed by atoms with Gasteiger partial charge in [0, 0.05) is 6.04 Å². The van der Waals surface area contributed by atoms with E-state index in [4.69, 9.17) is 5.11 Å². The van der Waals surface area contributed by atoms with Crippen LogP contribution in [0.3, 0.4) is 0 Å². The standard InChI is InChI=1S/C11H21NO2/c1-9(2)5-7-12-6-3-4-10(12)8-11(13)14/h9-10H,3-8H2,1-2H3,(H,13,14). The van der Waals surface area contributed by atoms with Crippen LogP contribution in [0.15, 0.2) is 0 Å². The first kappa shape index (κ1) is 11.5. The molecule has 0 aromatic rings. The van der Waals surface area contributed by atoms with Gasteiger partial charge in [0.05, 0.1) is 6.42 Å². The summed E-state index contributed by atoms with van der Waals surface area (Å²) in [5.74, 6) is 0.0486. The molecule has 1 rings (SSSR count). The quantitative estimate of drug-likeness (QED) is 0.736. The molecule has 0 amide bonds. The van der Waals surface area contributed by atoms with Crippen LogP contribution in [0.5, 0.6) is 0 Å². The zero-order valence-corrected chi connectivity index (χ0v) is 9.20. The van der Waals surface area contributed by atoms with Crippen molar-refractivity contribution < 1.29 is 9.90 Å². The van der Waals surface area contributed by atoms with Crippen LogP contribution in [0.25, 0.3) is 0 Å². The maximum atomic E-state index is 10.6. The third-order valence-corrected chi connectivity index (χ3v) is 2.90. The van der Waals surface area contributed by atoms with Crippen LogP contribution in [-0.2, 0) is 4.79 Å². The fraction of sp³-hybridized carbons (Fsp3) is 0.909. The molecule has 0 aromatic carbocycles. The van der Waals surface area contributed by atoms with E-state index in [9.17, 15) is 4.79 Å². The van der Waals surface area contributed by atoms with E-state index in [1.807, 2.05) is 0 Å². The zero-order valence-electron chi connectivity index (χ0n) is 9.20. The summed E-state index contributed by atoms with van der Waals surface area (Å²) >= 11 is 0. The second-order valence-electron chi connectivity index (χ2n) is 4.61. The first-order chi connectivity index (χ1) is 6.59. The van der Waals surface area contributed by atoms with Gasteiger partial charge in [-0.3, -0.25) is 9.69 Å². The van der Waals surface area contributed by atoms with Crippen LogP contribution in [0.1, 0.15) is 39.5 Å². The lowest BCUT2D eigenvalue weighted by molar-refractivity contribution is -0.138. The predicted octanol–water partition coefficient (Wildman–Crippen LogP) is 1.97. The highest BCUT2D eigenvalue weighted by Gasteiger charge is 2.25. The van der Waals surface area contributed by atoms with E-state index >= 15 is 0 Å². The number of hydrogen-bond donors (Lipinski definition) is 1. The first-order valence-corrected chi connectivity index (χ1v) is 5.55. The molecule has 82 valence electrons. The largest absolute Gasteiger partial charge is 0.481 e. The molecule has 0 aromatic heterocycles. The summed E-state index contributed by atoms with van der Waals surface area (Å²) < 4.78 is 0. The van der Waals surface area contributed by atoms with Crippen molar-refractivity contribution in [3.8, 4) is 0 Å². The minimum absolute atomic E-state index is 0.297. The van der Waals surface area contributed by atoms with E-state index in [-0.39, 0.29) is 0 Å². The second-order valence-corrected chi connectivity index (χ2v) is 4.61. The van der Waals surface area contributed by atoms with Gasteiger partial charge < -0.3 is 5.11 Å². The van der Waals surface area contributed by atoms with Gasteiger partial charge in [-0.2, -0.15) is 0 Å². The van der Waals surface area contributed by atoms with Crippen molar-refractivity contribution in [2.75, 3.05) is 13.1 Å². The number of hydrogen-bond acceptors (Lipinski definition) is 2. The Bertz CT molecular complexity index is 192. The molecule has 1 aliphatic rings. The monoisotopic (exact) mass is 199 g/mol. The van der Waals surface area contributed by atoms with Crippen molar-refractivity contribution in [3.63, 3.8) is 0 Å². The Morgan fingerprint density at radius 2 is 2.29 bits per heavy atom. The SMILES string of the molecule is CC(C)CCN1CCCC1CC(=O)O. The molecular formula is C11H21NO2. The van der Waals surface area contributed by atoms with Crippen LogP contribution in [0.4, 0.5) is 0 Å². The van der Waals surface area contributed by atoms with Gasteiger partial charge in [0.1, 0.15) is 0 Å². The molecule has 0 bridgehead atoms. The summed E-state index contributed by atoms with van der Waals surface area (Å²) in [5, 5.41) is 8.74. The summed E-state index contributed by atoms with van der Waals surface area (Å²) in [4.78, 5) is 13.0. The molecule has 1 unspecified atom stereocenters. The molecule has 3 nitrogen and oxygen atoms in total. The van der Waals surface area contributed by atoms with Crippen molar-refractivity contribution in [2.45, 2.75) is 45.6 Å². The van der Waals surface area contributed by atoms with Crippen LogP contribution in [0, 0.1) is 5.92 Å². The van der Waals surface area contributed by atoms with E-state index in [0.717, 1.165) is 25.9 Å². The van der Waals surface area contributed by atoms with Crippen LogP contribution < -0.4 is 0 Å². The Balaban J connectivity index is 2.31. The molecule has 0 spiro atoms. The zero-order chi connectivity index (χ0) is 10.6. The Kier molecular flexibility index (Phi) is 4.39. The van der Waals surface area contributed by atoms with Gasteiger partial charge in [0.2, 0.25) is 0 Å². The van der Waals surface area contributed by atoms with Crippen molar-refractivity contribution in [1.82, 2.24) is 4.90 Å². The lowest BCUT2D eigenvalue weighted by Gasteiger charge is -2.23. The minimum atomic E-state index is -0.661. The fourth-order valence-corrected chi connectivity index (χ4v) is 2.05. The Morgan fingerprint density at radius 3 is 2.86 bits per heavy atom. The lowest BCUT2D eigenvalue weighted by Crippen LogP contribution is -2.32. The molecule has 1 fully saturated rings. The number of carboxylic acid groups (broad SMARTS) is 1. The van der Waals surface area contributed by atoms with Gasteiger partial charge in [0.15, 0.2) is 0 Å². The minimum Gasteiger partial charge on any atom is -0.481 e. The third-order valence-electron chi connectivity index (χ3n) is 2.90. The second kappa shape index (κ2) is 5.35.